The van der Waals surface area contributed by atoms with Gasteiger partial charge in [-0.3, -0.25) is 0 Å². The predicted molar refractivity (Wildman–Crippen MR) is 58.4 cm³/mol. The van der Waals surface area contributed by atoms with Gasteiger partial charge in [0.2, 0.25) is 0 Å². The monoisotopic (exact) mass is 238 g/mol. The maximum absolute atomic E-state index is 11.8. The fraction of sp³-hybridized carbons (Fsp3) is 1.00. The molecule has 5 heteroatoms. The maximum Gasteiger partial charge on any atom is 0.401 e. The summed E-state index contributed by atoms with van der Waals surface area (Å²) in [6.07, 6.45) is -0.485. The molecule has 0 spiro atoms. The summed E-state index contributed by atoms with van der Waals surface area (Å²) >= 11 is 0. The lowest BCUT2D eigenvalue weighted by Gasteiger charge is -2.31. The van der Waals surface area contributed by atoms with Gasteiger partial charge in [-0.1, -0.05) is 13.3 Å². The highest BCUT2D eigenvalue weighted by Gasteiger charge is 2.26. The third-order valence-corrected chi connectivity index (χ3v) is 3.21. The minimum absolute atomic E-state index is 0.427. The predicted octanol–water partition coefficient (Wildman–Crippen LogP) is 2.26. The van der Waals surface area contributed by atoms with E-state index < -0.39 is 12.7 Å². The van der Waals surface area contributed by atoms with Crippen LogP contribution in [0.5, 0.6) is 0 Å². The summed E-state index contributed by atoms with van der Waals surface area (Å²) in [5.41, 5.74) is 0. The van der Waals surface area contributed by atoms with Crippen LogP contribution in [-0.4, -0.2) is 43.8 Å². The smallest absolute Gasteiger partial charge is 0.307 e. The topological polar surface area (TPSA) is 15.3 Å². The van der Waals surface area contributed by atoms with Gasteiger partial charge >= 0.3 is 6.18 Å². The van der Waals surface area contributed by atoms with E-state index in [-0.39, 0.29) is 0 Å². The molecular formula is C11H21F3N2. The van der Waals surface area contributed by atoms with Gasteiger partial charge in [-0.2, -0.15) is 13.2 Å². The lowest BCUT2D eigenvalue weighted by atomic mass is 9.94. The molecule has 1 heterocycles. The Labute approximate surface area is 95.2 Å². The fourth-order valence-corrected chi connectivity index (χ4v) is 2.09. The molecule has 16 heavy (non-hydrogen) atoms. The first-order valence-corrected chi connectivity index (χ1v) is 6.01. The summed E-state index contributed by atoms with van der Waals surface area (Å²) < 4.78 is 35.5. The van der Waals surface area contributed by atoms with Gasteiger partial charge in [0, 0.05) is 13.1 Å². The summed E-state index contributed by atoms with van der Waals surface area (Å²) in [5, 5.41) is 2.43. The molecule has 0 amide bonds. The molecule has 1 aliphatic heterocycles. The van der Waals surface area contributed by atoms with Crippen LogP contribution >= 0.6 is 0 Å². The zero-order chi connectivity index (χ0) is 12.0. The Kier molecular flexibility index (Phi) is 5.55. The third kappa shape index (κ3) is 5.70. The molecule has 0 aromatic carbocycles. The van der Waals surface area contributed by atoms with Gasteiger partial charge in [-0.15, -0.1) is 0 Å². The molecule has 0 bridgehead atoms. The van der Waals surface area contributed by atoms with Gasteiger partial charge < -0.3 is 10.2 Å². The number of nitrogens with one attached hydrogen (secondary N) is 1. The van der Waals surface area contributed by atoms with E-state index in [1.807, 2.05) is 0 Å². The maximum atomic E-state index is 11.8. The third-order valence-electron chi connectivity index (χ3n) is 3.21. The average Bonchev–Trinajstić information content (AvgIpc) is 2.24. The van der Waals surface area contributed by atoms with Crippen molar-refractivity contribution in [3.05, 3.63) is 0 Å². The highest BCUT2D eigenvalue weighted by molar-refractivity contribution is 4.72. The number of alkyl halides is 3. The molecule has 0 saturated carbocycles. The molecular weight excluding hydrogens is 217 g/mol. The summed E-state index contributed by atoms with van der Waals surface area (Å²) in [6, 6.07) is 0. The molecule has 1 saturated heterocycles. The number of hydrogen-bond acceptors (Lipinski definition) is 2. The number of likely N-dealkylation sites (tertiary alicyclic amines) is 1. The zero-order valence-electron chi connectivity index (χ0n) is 9.82. The van der Waals surface area contributed by atoms with Crippen molar-refractivity contribution in [3.8, 4) is 0 Å². The van der Waals surface area contributed by atoms with Crippen molar-refractivity contribution in [1.29, 1.82) is 0 Å². The van der Waals surface area contributed by atoms with Crippen LogP contribution in [0.15, 0.2) is 0 Å². The molecule has 0 unspecified atom stereocenters. The van der Waals surface area contributed by atoms with Crippen LogP contribution in [0.1, 0.15) is 26.2 Å². The summed E-state index contributed by atoms with van der Waals surface area (Å²) in [5.74, 6) is 0.819. The number of nitrogens with zero attached hydrogens (tertiary/aromatic N) is 1. The van der Waals surface area contributed by atoms with Gasteiger partial charge in [0.25, 0.3) is 0 Å². The SMILES string of the molecule is CCC1CCN(CCNCC(F)(F)F)CC1. The number of rotatable bonds is 5. The lowest BCUT2D eigenvalue weighted by molar-refractivity contribution is -0.124. The fourth-order valence-electron chi connectivity index (χ4n) is 2.09. The van der Waals surface area contributed by atoms with Crippen molar-refractivity contribution in [1.82, 2.24) is 10.2 Å². The first-order valence-electron chi connectivity index (χ1n) is 6.01. The zero-order valence-corrected chi connectivity index (χ0v) is 9.82. The second-order valence-electron chi connectivity index (χ2n) is 4.49. The molecule has 0 radical (unpaired) electrons. The second-order valence-corrected chi connectivity index (χ2v) is 4.49. The van der Waals surface area contributed by atoms with Crippen molar-refractivity contribution in [2.45, 2.75) is 32.4 Å². The number of piperidine rings is 1. The highest BCUT2D eigenvalue weighted by Crippen LogP contribution is 2.19. The van der Waals surface area contributed by atoms with Crippen LogP contribution in [0.3, 0.4) is 0 Å². The van der Waals surface area contributed by atoms with Crippen LogP contribution in [0, 0.1) is 5.92 Å². The van der Waals surface area contributed by atoms with Crippen molar-refractivity contribution in [2.24, 2.45) is 5.92 Å². The Bertz CT molecular complexity index is 186. The average molecular weight is 238 g/mol. The molecule has 2 nitrogen and oxygen atoms in total. The van der Waals surface area contributed by atoms with Crippen LogP contribution in [0.4, 0.5) is 13.2 Å². The quantitative estimate of drug-likeness (QED) is 0.739. The Hall–Kier alpha value is -0.290. The van der Waals surface area contributed by atoms with E-state index in [4.69, 9.17) is 0 Å². The summed E-state index contributed by atoms with van der Waals surface area (Å²) in [6.45, 7) is 4.55. The molecule has 0 atom stereocenters. The Morgan fingerprint density at radius 3 is 2.38 bits per heavy atom. The first kappa shape index (κ1) is 13.8. The Morgan fingerprint density at radius 2 is 1.88 bits per heavy atom. The van der Waals surface area contributed by atoms with Gasteiger partial charge in [-0.25, -0.2) is 0 Å². The van der Waals surface area contributed by atoms with E-state index >= 15 is 0 Å². The van der Waals surface area contributed by atoms with E-state index in [1.54, 1.807) is 0 Å². The largest absolute Gasteiger partial charge is 0.401 e. The normalized spacial score (nSPS) is 20.2. The van der Waals surface area contributed by atoms with Crippen LogP contribution in [0.25, 0.3) is 0 Å². The van der Waals surface area contributed by atoms with Gasteiger partial charge in [0.05, 0.1) is 6.54 Å². The van der Waals surface area contributed by atoms with Crippen LogP contribution in [-0.2, 0) is 0 Å². The molecule has 1 fully saturated rings. The van der Waals surface area contributed by atoms with E-state index in [0.717, 1.165) is 25.6 Å². The highest BCUT2D eigenvalue weighted by atomic mass is 19.4. The van der Waals surface area contributed by atoms with Gasteiger partial charge in [-0.05, 0) is 31.8 Å². The first-order chi connectivity index (χ1) is 7.51. The standard InChI is InChI=1S/C11H21F3N2/c1-2-10-3-6-16(7-4-10)8-5-15-9-11(12,13)14/h10,15H,2-9H2,1H3. The van der Waals surface area contributed by atoms with Crippen molar-refractivity contribution in [2.75, 3.05) is 32.7 Å². The van der Waals surface area contributed by atoms with Gasteiger partial charge in [0.1, 0.15) is 0 Å². The molecule has 96 valence electrons. The van der Waals surface area contributed by atoms with Gasteiger partial charge in [0.15, 0.2) is 0 Å². The molecule has 1 aliphatic rings. The van der Waals surface area contributed by atoms with Crippen molar-refractivity contribution >= 4 is 0 Å². The summed E-state index contributed by atoms with van der Waals surface area (Å²) in [4.78, 5) is 2.25. The Morgan fingerprint density at radius 1 is 1.25 bits per heavy atom. The van der Waals surface area contributed by atoms with Crippen LogP contribution in [0.2, 0.25) is 0 Å². The molecule has 0 aromatic rings. The van der Waals surface area contributed by atoms with E-state index in [2.05, 4.69) is 17.1 Å². The minimum Gasteiger partial charge on any atom is -0.307 e. The lowest BCUT2D eigenvalue weighted by Crippen LogP contribution is -2.40. The molecule has 0 aromatic heterocycles. The van der Waals surface area contributed by atoms with E-state index in [9.17, 15) is 13.2 Å². The van der Waals surface area contributed by atoms with Crippen LogP contribution < -0.4 is 5.32 Å². The van der Waals surface area contributed by atoms with E-state index in [0.29, 0.717) is 6.54 Å². The van der Waals surface area contributed by atoms with E-state index in [1.165, 1.54) is 19.3 Å². The molecule has 1 N–H and O–H groups in total. The number of hydrogen-bond donors (Lipinski definition) is 1. The number of halogens is 3. The Balaban J connectivity index is 2.02. The minimum atomic E-state index is -4.09. The summed E-state index contributed by atoms with van der Waals surface area (Å²) in [7, 11) is 0. The molecule has 0 aliphatic carbocycles. The van der Waals surface area contributed by atoms with Crippen molar-refractivity contribution < 1.29 is 13.2 Å². The molecule has 1 rings (SSSR count). The second kappa shape index (κ2) is 6.45. The van der Waals surface area contributed by atoms with Crippen molar-refractivity contribution in [3.63, 3.8) is 0 Å².